The van der Waals surface area contributed by atoms with Crippen LogP contribution in [0.3, 0.4) is 0 Å². The molecule has 0 heterocycles. The SMILES string of the molecule is COc1ccc(C#N)c(CS(=O)(=O)c2ccccc2)c1. The molecule has 0 aliphatic heterocycles. The Labute approximate surface area is 118 Å². The van der Waals surface area contributed by atoms with Gasteiger partial charge in [-0.3, -0.25) is 0 Å². The van der Waals surface area contributed by atoms with E-state index >= 15 is 0 Å². The van der Waals surface area contributed by atoms with Gasteiger partial charge in [-0.05, 0) is 35.9 Å². The molecule has 20 heavy (non-hydrogen) atoms. The van der Waals surface area contributed by atoms with Gasteiger partial charge in [0.25, 0.3) is 0 Å². The molecule has 5 heteroatoms. The normalized spacial score (nSPS) is 10.8. The van der Waals surface area contributed by atoms with Crippen LogP contribution in [0.15, 0.2) is 53.4 Å². The molecule has 0 saturated heterocycles. The predicted octanol–water partition coefficient (Wildman–Crippen LogP) is 2.54. The Morgan fingerprint density at radius 2 is 1.85 bits per heavy atom. The molecular formula is C15H13NO3S. The molecule has 0 radical (unpaired) electrons. The number of nitriles is 1. The smallest absolute Gasteiger partial charge is 0.182 e. The number of nitrogens with zero attached hydrogens (tertiary/aromatic N) is 1. The molecule has 0 N–H and O–H groups in total. The average molecular weight is 287 g/mol. The number of hydrogen-bond donors (Lipinski definition) is 0. The molecule has 4 nitrogen and oxygen atoms in total. The summed E-state index contributed by atoms with van der Waals surface area (Å²) in [7, 11) is -1.98. The fraction of sp³-hybridized carbons (Fsp3) is 0.133. The maximum atomic E-state index is 12.3. The van der Waals surface area contributed by atoms with E-state index in [2.05, 4.69) is 0 Å². The molecule has 0 aliphatic rings. The van der Waals surface area contributed by atoms with E-state index in [1.54, 1.807) is 48.5 Å². The summed E-state index contributed by atoms with van der Waals surface area (Å²) in [5, 5.41) is 9.06. The Kier molecular flexibility index (Phi) is 4.06. The summed E-state index contributed by atoms with van der Waals surface area (Å²) >= 11 is 0. The Bertz CT molecular complexity index is 746. The predicted molar refractivity (Wildman–Crippen MR) is 75.0 cm³/mol. The Morgan fingerprint density at radius 1 is 1.15 bits per heavy atom. The van der Waals surface area contributed by atoms with E-state index in [0.717, 1.165) is 0 Å². The highest BCUT2D eigenvalue weighted by atomic mass is 32.2. The molecule has 0 bridgehead atoms. The second kappa shape index (κ2) is 5.76. The van der Waals surface area contributed by atoms with E-state index in [4.69, 9.17) is 10.00 Å². The Morgan fingerprint density at radius 3 is 2.45 bits per heavy atom. The standard InChI is InChI=1S/C15H13NO3S/c1-19-14-8-7-12(10-16)13(9-14)11-20(17,18)15-5-3-2-4-6-15/h2-9H,11H2,1H3. The largest absolute Gasteiger partial charge is 0.497 e. The molecule has 2 aromatic carbocycles. The van der Waals surface area contributed by atoms with E-state index < -0.39 is 9.84 Å². The summed E-state index contributed by atoms with van der Waals surface area (Å²) in [6, 6.07) is 15.0. The average Bonchev–Trinajstić information content (AvgIpc) is 2.47. The lowest BCUT2D eigenvalue weighted by atomic mass is 10.1. The van der Waals surface area contributed by atoms with E-state index in [1.165, 1.54) is 7.11 Å². The minimum absolute atomic E-state index is 0.225. The van der Waals surface area contributed by atoms with E-state index in [0.29, 0.717) is 16.9 Å². The minimum atomic E-state index is -3.48. The lowest BCUT2D eigenvalue weighted by Gasteiger charge is -2.08. The zero-order chi connectivity index (χ0) is 14.6. The van der Waals surface area contributed by atoms with Gasteiger partial charge in [0, 0.05) is 0 Å². The highest BCUT2D eigenvalue weighted by molar-refractivity contribution is 7.90. The summed E-state index contributed by atoms with van der Waals surface area (Å²) in [5.41, 5.74) is 0.779. The van der Waals surface area contributed by atoms with Crippen LogP contribution < -0.4 is 4.74 Å². The summed E-state index contributed by atoms with van der Waals surface area (Å²) < 4.78 is 29.7. The zero-order valence-electron chi connectivity index (χ0n) is 10.9. The molecule has 2 aromatic rings. The van der Waals surface area contributed by atoms with Gasteiger partial charge in [0.2, 0.25) is 0 Å². The van der Waals surface area contributed by atoms with Crippen LogP contribution in [0.4, 0.5) is 0 Å². The first-order chi connectivity index (χ1) is 9.56. The highest BCUT2D eigenvalue weighted by Gasteiger charge is 2.17. The maximum absolute atomic E-state index is 12.3. The van der Waals surface area contributed by atoms with Crippen molar-refractivity contribution in [1.29, 1.82) is 5.26 Å². The van der Waals surface area contributed by atoms with Crippen molar-refractivity contribution in [1.82, 2.24) is 0 Å². The third-order valence-electron chi connectivity index (χ3n) is 2.88. The summed E-state index contributed by atoms with van der Waals surface area (Å²) in [5.74, 6) is 0.305. The molecule has 0 spiro atoms. The van der Waals surface area contributed by atoms with Gasteiger partial charge >= 0.3 is 0 Å². The molecule has 0 fully saturated rings. The lowest BCUT2D eigenvalue weighted by molar-refractivity contribution is 0.414. The molecule has 0 atom stereocenters. The van der Waals surface area contributed by atoms with E-state index in [9.17, 15) is 8.42 Å². The first kappa shape index (κ1) is 14.1. The van der Waals surface area contributed by atoms with Crippen molar-refractivity contribution in [2.75, 3.05) is 7.11 Å². The van der Waals surface area contributed by atoms with Crippen molar-refractivity contribution in [2.24, 2.45) is 0 Å². The van der Waals surface area contributed by atoms with Crippen molar-refractivity contribution < 1.29 is 13.2 Å². The Hall–Kier alpha value is -2.32. The second-order valence-corrected chi connectivity index (χ2v) is 6.20. The fourth-order valence-corrected chi connectivity index (χ4v) is 3.23. The molecule has 0 aliphatic carbocycles. The molecule has 0 aromatic heterocycles. The number of ether oxygens (including phenoxy) is 1. The highest BCUT2D eigenvalue weighted by Crippen LogP contribution is 2.22. The van der Waals surface area contributed by atoms with Crippen LogP contribution in [0.5, 0.6) is 5.75 Å². The van der Waals surface area contributed by atoms with Crippen LogP contribution in [0.2, 0.25) is 0 Å². The van der Waals surface area contributed by atoms with Crippen LogP contribution in [-0.2, 0) is 15.6 Å². The lowest BCUT2D eigenvalue weighted by Crippen LogP contribution is -2.06. The molecule has 0 unspecified atom stereocenters. The number of hydrogen-bond acceptors (Lipinski definition) is 4. The third kappa shape index (κ3) is 2.98. The second-order valence-electron chi connectivity index (χ2n) is 4.21. The van der Waals surface area contributed by atoms with Crippen LogP contribution in [0, 0.1) is 11.3 Å². The van der Waals surface area contributed by atoms with Gasteiger partial charge in [0.15, 0.2) is 9.84 Å². The van der Waals surface area contributed by atoms with Crippen molar-refractivity contribution >= 4 is 9.84 Å². The van der Waals surface area contributed by atoms with Gasteiger partial charge in [-0.15, -0.1) is 0 Å². The van der Waals surface area contributed by atoms with Gasteiger partial charge in [-0.1, -0.05) is 18.2 Å². The Balaban J connectivity index is 2.42. The summed E-state index contributed by atoms with van der Waals surface area (Å²) in [6.45, 7) is 0. The van der Waals surface area contributed by atoms with Gasteiger partial charge < -0.3 is 4.74 Å². The van der Waals surface area contributed by atoms with Crippen LogP contribution in [0.1, 0.15) is 11.1 Å². The number of rotatable bonds is 4. The molecule has 2 rings (SSSR count). The van der Waals surface area contributed by atoms with Crippen molar-refractivity contribution in [3.8, 4) is 11.8 Å². The minimum Gasteiger partial charge on any atom is -0.497 e. The van der Waals surface area contributed by atoms with Gasteiger partial charge in [0.05, 0.1) is 29.4 Å². The number of benzene rings is 2. The van der Waals surface area contributed by atoms with Crippen molar-refractivity contribution in [3.63, 3.8) is 0 Å². The maximum Gasteiger partial charge on any atom is 0.182 e. The monoisotopic (exact) mass is 287 g/mol. The first-order valence-electron chi connectivity index (χ1n) is 5.91. The van der Waals surface area contributed by atoms with Crippen LogP contribution >= 0.6 is 0 Å². The molecule has 0 amide bonds. The van der Waals surface area contributed by atoms with E-state index in [-0.39, 0.29) is 10.6 Å². The number of methoxy groups -OCH3 is 1. The van der Waals surface area contributed by atoms with Gasteiger partial charge in [-0.2, -0.15) is 5.26 Å². The van der Waals surface area contributed by atoms with Crippen LogP contribution in [0.25, 0.3) is 0 Å². The molecular weight excluding hydrogens is 274 g/mol. The quantitative estimate of drug-likeness (QED) is 0.866. The zero-order valence-corrected chi connectivity index (χ0v) is 11.7. The van der Waals surface area contributed by atoms with Gasteiger partial charge in [-0.25, -0.2) is 8.42 Å². The molecule has 102 valence electrons. The third-order valence-corrected chi connectivity index (χ3v) is 4.56. The van der Waals surface area contributed by atoms with Crippen molar-refractivity contribution in [2.45, 2.75) is 10.6 Å². The summed E-state index contributed by atoms with van der Waals surface area (Å²) in [4.78, 5) is 0.242. The molecule has 0 saturated carbocycles. The topological polar surface area (TPSA) is 67.2 Å². The fourth-order valence-electron chi connectivity index (χ4n) is 1.84. The first-order valence-corrected chi connectivity index (χ1v) is 7.57. The summed E-state index contributed by atoms with van der Waals surface area (Å²) in [6.07, 6.45) is 0. The van der Waals surface area contributed by atoms with Gasteiger partial charge in [0.1, 0.15) is 5.75 Å². The van der Waals surface area contributed by atoms with Crippen LogP contribution in [-0.4, -0.2) is 15.5 Å². The van der Waals surface area contributed by atoms with E-state index in [1.807, 2.05) is 6.07 Å². The van der Waals surface area contributed by atoms with Crippen molar-refractivity contribution in [3.05, 3.63) is 59.7 Å². The number of sulfone groups is 1.